The van der Waals surface area contributed by atoms with Gasteiger partial charge in [-0.2, -0.15) is 0 Å². The first-order valence-corrected chi connectivity index (χ1v) is 8.05. The molecule has 0 spiro atoms. The molecule has 4 rings (SSSR count). The fraction of sp³-hybridized carbons (Fsp3) is 0.136. The SMILES string of the molecule is COC(=O)C1(c2ccccc2C)c2ccccc2-c2ccccc21. The molecule has 118 valence electrons. The van der Waals surface area contributed by atoms with Gasteiger partial charge in [0.15, 0.2) is 0 Å². The Hall–Kier alpha value is -2.87. The number of hydrogen-bond donors (Lipinski definition) is 0. The van der Waals surface area contributed by atoms with E-state index in [0.29, 0.717) is 0 Å². The topological polar surface area (TPSA) is 26.3 Å². The summed E-state index contributed by atoms with van der Waals surface area (Å²) in [6, 6.07) is 24.3. The molecule has 0 saturated carbocycles. The van der Waals surface area contributed by atoms with Gasteiger partial charge in [-0.05, 0) is 40.3 Å². The molecule has 0 unspecified atom stereocenters. The highest BCUT2D eigenvalue weighted by Gasteiger charge is 2.52. The van der Waals surface area contributed by atoms with Crippen molar-refractivity contribution in [3.05, 3.63) is 95.1 Å². The molecule has 3 aromatic rings. The lowest BCUT2D eigenvalue weighted by Crippen LogP contribution is -2.38. The van der Waals surface area contributed by atoms with Gasteiger partial charge in [0.25, 0.3) is 0 Å². The fourth-order valence-electron chi connectivity index (χ4n) is 4.00. The molecule has 0 radical (unpaired) electrons. The van der Waals surface area contributed by atoms with E-state index < -0.39 is 5.41 Å². The molecule has 0 N–H and O–H groups in total. The third-order valence-corrected chi connectivity index (χ3v) is 4.99. The van der Waals surface area contributed by atoms with Crippen LogP contribution in [0.5, 0.6) is 0 Å². The standard InChI is InChI=1S/C22H18O2/c1-15-9-3-6-12-18(15)22(21(23)24-2)19-13-7-4-10-16(19)17-11-5-8-14-20(17)22/h3-14H,1-2H3. The van der Waals surface area contributed by atoms with Crippen molar-refractivity contribution in [2.24, 2.45) is 0 Å². The maximum Gasteiger partial charge on any atom is 0.325 e. The zero-order valence-corrected chi connectivity index (χ0v) is 13.7. The Balaban J connectivity index is 2.19. The quantitative estimate of drug-likeness (QED) is 0.652. The number of methoxy groups -OCH3 is 1. The highest BCUT2D eigenvalue weighted by atomic mass is 16.5. The van der Waals surface area contributed by atoms with Crippen molar-refractivity contribution < 1.29 is 9.53 Å². The third kappa shape index (κ3) is 1.74. The van der Waals surface area contributed by atoms with Crippen molar-refractivity contribution in [3.8, 4) is 11.1 Å². The number of esters is 1. The van der Waals surface area contributed by atoms with Gasteiger partial charge in [-0.1, -0.05) is 72.8 Å². The van der Waals surface area contributed by atoms with E-state index in [4.69, 9.17) is 4.74 Å². The number of ether oxygens (including phenoxy) is 1. The number of carbonyl (C=O) groups excluding carboxylic acids is 1. The third-order valence-electron chi connectivity index (χ3n) is 4.99. The Morgan fingerprint density at radius 2 is 1.21 bits per heavy atom. The first-order chi connectivity index (χ1) is 11.7. The Morgan fingerprint density at radius 1 is 0.750 bits per heavy atom. The molecule has 0 saturated heterocycles. The number of benzene rings is 3. The number of aryl methyl sites for hydroxylation is 1. The molecule has 0 aliphatic heterocycles. The van der Waals surface area contributed by atoms with Gasteiger partial charge >= 0.3 is 5.97 Å². The first kappa shape index (κ1) is 14.7. The number of hydrogen-bond acceptors (Lipinski definition) is 2. The predicted molar refractivity (Wildman–Crippen MR) is 95.0 cm³/mol. The van der Waals surface area contributed by atoms with Crippen LogP contribution >= 0.6 is 0 Å². The second kappa shape index (κ2) is 5.34. The minimum absolute atomic E-state index is 0.241. The Kier molecular flexibility index (Phi) is 3.27. The van der Waals surface area contributed by atoms with Gasteiger partial charge in [0, 0.05) is 0 Å². The van der Waals surface area contributed by atoms with Crippen molar-refractivity contribution in [2.75, 3.05) is 7.11 Å². The monoisotopic (exact) mass is 314 g/mol. The molecule has 0 amide bonds. The van der Waals surface area contributed by atoms with Crippen molar-refractivity contribution in [1.82, 2.24) is 0 Å². The summed E-state index contributed by atoms with van der Waals surface area (Å²) in [5.41, 5.74) is 5.33. The maximum atomic E-state index is 13.2. The number of carbonyl (C=O) groups is 1. The Morgan fingerprint density at radius 3 is 1.71 bits per heavy atom. The molecule has 1 aliphatic rings. The Bertz CT molecular complexity index is 894. The van der Waals surface area contributed by atoms with Crippen LogP contribution < -0.4 is 0 Å². The van der Waals surface area contributed by atoms with Crippen LogP contribution in [0.15, 0.2) is 72.8 Å². The van der Waals surface area contributed by atoms with E-state index in [9.17, 15) is 4.79 Å². The molecule has 0 heterocycles. The molecule has 1 aliphatic carbocycles. The van der Waals surface area contributed by atoms with Crippen LogP contribution in [-0.2, 0) is 14.9 Å². The van der Waals surface area contributed by atoms with Gasteiger partial charge < -0.3 is 4.74 Å². The van der Waals surface area contributed by atoms with Crippen LogP contribution in [0.25, 0.3) is 11.1 Å². The van der Waals surface area contributed by atoms with Crippen LogP contribution in [-0.4, -0.2) is 13.1 Å². The van der Waals surface area contributed by atoms with E-state index in [1.165, 1.54) is 7.11 Å². The van der Waals surface area contributed by atoms with Gasteiger partial charge in [-0.25, -0.2) is 0 Å². The highest BCUT2D eigenvalue weighted by molar-refractivity contribution is 6.01. The molecule has 2 heteroatoms. The summed E-state index contributed by atoms with van der Waals surface area (Å²) in [5, 5.41) is 0. The summed E-state index contributed by atoms with van der Waals surface area (Å²) in [7, 11) is 1.46. The van der Waals surface area contributed by atoms with Gasteiger partial charge in [0.1, 0.15) is 5.41 Å². The largest absolute Gasteiger partial charge is 0.468 e. The molecule has 0 aromatic heterocycles. The van der Waals surface area contributed by atoms with Gasteiger partial charge in [0.2, 0.25) is 0 Å². The summed E-state index contributed by atoms with van der Waals surface area (Å²) in [5.74, 6) is -0.241. The van der Waals surface area contributed by atoms with Crippen LogP contribution in [0, 0.1) is 6.92 Å². The van der Waals surface area contributed by atoms with Crippen LogP contribution in [0.1, 0.15) is 22.3 Å². The van der Waals surface area contributed by atoms with E-state index >= 15 is 0 Å². The lowest BCUT2D eigenvalue weighted by atomic mass is 9.71. The van der Waals surface area contributed by atoms with E-state index in [1.807, 2.05) is 67.6 Å². The van der Waals surface area contributed by atoms with E-state index in [1.54, 1.807) is 0 Å². The van der Waals surface area contributed by atoms with Gasteiger partial charge in [0.05, 0.1) is 7.11 Å². The second-order valence-corrected chi connectivity index (χ2v) is 6.15. The van der Waals surface area contributed by atoms with Crippen LogP contribution in [0.3, 0.4) is 0 Å². The minimum atomic E-state index is -0.909. The summed E-state index contributed by atoms with van der Waals surface area (Å²) in [6.07, 6.45) is 0. The summed E-state index contributed by atoms with van der Waals surface area (Å²) in [6.45, 7) is 2.05. The molecule has 0 fully saturated rings. The second-order valence-electron chi connectivity index (χ2n) is 6.15. The zero-order chi connectivity index (χ0) is 16.7. The maximum absolute atomic E-state index is 13.2. The summed E-state index contributed by atoms with van der Waals surface area (Å²) in [4.78, 5) is 13.2. The molecule has 0 atom stereocenters. The van der Waals surface area contributed by atoms with Gasteiger partial charge in [-0.3, -0.25) is 4.79 Å². The van der Waals surface area contributed by atoms with Crippen LogP contribution in [0.4, 0.5) is 0 Å². The number of fused-ring (bicyclic) bond motifs is 3. The average molecular weight is 314 g/mol. The molecule has 3 aromatic carbocycles. The van der Waals surface area contributed by atoms with E-state index in [-0.39, 0.29) is 5.97 Å². The molecular weight excluding hydrogens is 296 g/mol. The molecule has 2 nitrogen and oxygen atoms in total. The van der Waals surface area contributed by atoms with Crippen molar-refractivity contribution in [3.63, 3.8) is 0 Å². The van der Waals surface area contributed by atoms with E-state index in [2.05, 4.69) is 12.1 Å². The number of rotatable bonds is 2. The summed E-state index contributed by atoms with van der Waals surface area (Å²) < 4.78 is 5.32. The van der Waals surface area contributed by atoms with Crippen molar-refractivity contribution >= 4 is 5.97 Å². The molecular formula is C22H18O2. The normalized spacial score (nSPS) is 13.9. The van der Waals surface area contributed by atoms with E-state index in [0.717, 1.165) is 33.4 Å². The fourth-order valence-corrected chi connectivity index (χ4v) is 4.00. The molecule has 0 bridgehead atoms. The average Bonchev–Trinajstić information content (AvgIpc) is 2.93. The van der Waals surface area contributed by atoms with Crippen molar-refractivity contribution in [2.45, 2.75) is 12.3 Å². The lowest BCUT2D eigenvalue weighted by Gasteiger charge is -2.31. The lowest BCUT2D eigenvalue weighted by molar-refractivity contribution is -0.144. The zero-order valence-electron chi connectivity index (χ0n) is 13.7. The smallest absolute Gasteiger partial charge is 0.325 e. The van der Waals surface area contributed by atoms with Crippen molar-refractivity contribution in [1.29, 1.82) is 0 Å². The first-order valence-electron chi connectivity index (χ1n) is 8.05. The summed E-state index contributed by atoms with van der Waals surface area (Å²) >= 11 is 0. The molecule has 24 heavy (non-hydrogen) atoms. The van der Waals surface area contributed by atoms with Gasteiger partial charge in [-0.15, -0.1) is 0 Å². The minimum Gasteiger partial charge on any atom is -0.468 e. The highest BCUT2D eigenvalue weighted by Crippen LogP contribution is 2.53. The predicted octanol–water partition coefficient (Wildman–Crippen LogP) is 4.48. The van der Waals surface area contributed by atoms with Crippen LogP contribution in [0.2, 0.25) is 0 Å². The Labute approximate surface area is 141 Å².